The molecular formula is C18H23NO. The molecule has 2 aromatic rings. The van der Waals surface area contributed by atoms with E-state index in [2.05, 4.69) is 49.4 Å². The maximum Gasteiger partial charge on any atom is 0.119 e. The maximum atomic E-state index is 5.78. The van der Waals surface area contributed by atoms with E-state index in [1.807, 2.05) is 6.07 Å². The minimum Gasteiger partial charge on any atom is -0.494 e. The molecule has 0 unspecified atom stereocenters. The van der Waals surface area contributed by atoms with Crippen LogP contribution in [0.15, 0.2) is 48.5 Å². The van der Waals surface area contributed by atoms with Crippen LogP contribution < -0.4 is 10.5 Å². The van der Waals surface area contributed by atoms with Crippen molar-refractivity contribution in [3.63, 3.8) is 0 Å². The van der Waals surface area contributed by atoms with Crippen molar-refractivity contribution >= 4 is 0 Å². The van der Waals surface area contributed by atoms with Crippen molar-refractivity contribution in [1.82, 2.24) is 0 Å². The highest BCUT2D eigenvalue weighted by molar-refractivity contribution is 5.68. The fourth-order valence-electron chi connectivity index (χ4n) is 2.26. The summed E-state index contributed by atoms with van der Waals surface area (Å²) in [6, 6.07) is 16.7. The third-order valence-electron chi connectivity index (χ3n) is 3.34. The van der Waals surface area contributed by atoms with Crippen LogP contribution in [0.25, 0.3) is 11.1 Å². The summed E-state index contributed by atoms with van der Waals surface area (Å²) in [5.74, 6) is 0.943. The summed E-state index contributed by atoms with van der Waals surface area (Å²) in [4.78, 5) is 0. The van der Waals surface area contributed by atoms with Gasteiger partial charge in [0.15, 0.2) is 0 Å². The minimum absolute atomic E-state index is 0.670. The van der Waals surface area contributed by atoms with Crippen molar-refractivity contribution in [3.8, 4) is 16.9 Å². The lowest BCUT2D eigenvalue weighted by Crippen LogP contribution is -2.04. The first kappa shape index (κ1) is 14.6. The van der Waals surface area contributed by atoms with E-state index >= 15 is 0 Å². The molecule has 0 spiro atoms. The normalized spacial score (nSPS) is 10.5. The molecule has 2 heteroatoms. The highest BCUT2D eigenvalue weighted by atomic mass is 16.5. The van der Waals surface area contributed by atoms with Crippen LogP contribution in [0.4, 0.5) is 0 Å². The number of nitrogens with two attached hydrogens (primary N) is 1. The minimum atomic E-state index is 0.670. The van der Waals surface area contributed by atoms with Crippen LogP contribution in [0.5, 0.6) is 5.75 Å². The van der Waals surface area contributed by atoms with Crippen molar-refractivity contribution in [2.75, 3.05) is 13.2 Å². The van der Waals surface area contributed by atoms with E-state index in [1.54, 1.807) is 0 Å². The third-order valence-corrected chi connectivity index (χ3v) is 3.34. The zero-order chi connectivity index (χ0) is 14.2. The predicted molar refractivity (Wildman–Crippen MR) is 85.0 cm³/mol. The predicted octanol–water partition coefficient (Wildman–Crippen LogP) is 4.03. The average Bonchev–Trinajstić information content (AvgIpc) is 2.49. The highest BCUT2D eigenvalue weighted by Gasteiger charge is 2.05. The number of unbranched alkanes of at least 4 members (excludes halogenated alkanes) is 1. The molecule has 0 saturated heterocycles. The standard InChI is InChI=1S/C18H23NO/c1-2-3-13-20-17-9-6-8-16(14-17)18-10-5-4-7-15(18)11-12-19/h4-10,14H,2-3,11-13,19H2,1H3. The summed E-state index contributed by atoms with van der Waals surface area (Å²) in [5, 5.41) is 0. The third kappa shape index (κ3) is 3.84. The van der Waals surface area contributed by atoms with E-state index in [0.29, 0.717) is 6.54 Å². The molecule has 106 valence electrons. The highest BCUT2D eigenvalue weighted by Crippen LogP contribution is 2.27. The summed E-state index contributed by atoms with van der Waals surface area (Å²) in [6.07, 6.45) is 3.14. The Bertz CT molecular complexity index is 536. The first-order chi connectivity index (χ1) is 9.85. The van der Waals surface area contributed by atoms with Gasteiger partial charge < -0.3 is 10.5 Å². The second-order valence-electron chi connectivity index (χ2n) is 4.93. The van der Waals surface area contributed by atoms with E-state index in [1.165, 1.54) is 16.7 Å². The van der Waals surface area contributed by atoms with Crippen molar-refractivity contribution in [3.05, 3.63) is 54.1 Å². The SMILES string of the molecule is CCCCOc1cccc(-c2ccccc2CCN)c1. The van der Waals surface area contributed by atoms with Crippen LogP contribution in [-0.4, -0.2) is 13.2 Å². The van der Waals surface area contributed by atoms with Gasteiger partial charge in [-0.05, 0) is 48.2 Å². The monoisotopic (exact) mass is 269 g/mol. The summed E-state index contributed by atoms with van der Waals surface area (Å²) in [6.45, 7) is 3.62. The molecule has 0 bridgehead atoms. The lowest BCUT2D eigenvalue weighted by atomic mass is 9.97. The van der Waals surface area contributed by atoms with E-state index < -0.39 is 0 Å². The van der Waals surface area contributed by atoms with Crippen molar-refractivity contribution in [2.45, 2.75) is 26.2 Å². The molecule has 2 nitrogen and oxygen atoms in total. The molecule has 20 heavy (non-hydrogen) atoms. The van der Waals surface area contributed by atoms with Gasteiger partial charge in [0, 0.05) is 0 Å². The summed E-state index contributed by atoms with van der Waals surface area (Å²) < 4.78 is 5.78. The second kappa shape index (κ2) is 7.71. The van der Waals surface area contributed by atoms with Gasteiger partial charge in [-0.1, -0.05) is 49.7 Å². The van der Waals surface area contributed by atoms with Gasteiger partial charge in [-0.2, -0.15) is 0 Å². The Morgan fingerprint density at radius 2 is 1.90 bits per heavy atom. The molecule has 0 fully saturated rings. The molecule has 0 amide bonds. The van der Waals surface area contributed by atoms with Gasteiger partial charge >= 0.3 is 0 Å². The Balaban J connectivity index is 2.22. The smallest absolute Gasteiger partial charge is 0.119 e. The summed E-state index contributed by atoms with van der Waals surface area (Å²) in [7, 11) is 0. The van der Waals surface area contributed by atoms with Crippen LogP contribution in [-0.2, 0) is 6.42 Å². The summed E-state index contributed by atoms with van der Waals surface area (Å²) >= 11 is 0. The number of hydrogen-bond donors (Lipinski definition) is 1. The molecular weight excluding hydrogens is 246 g/mol. The average molecular weight is 269 g/mol. The Kier molecular flexibility index (Phi) is 5.63. The molecule has 0 aromatic heterocycles. The van der Waals surface area contributed by atoms with Crippen LogP contribution in [0.3, 0.4) is 0 Å². The maximum absolute atomic E-state index is 5.78. The zero-order valence-corrected chi connectivity index (χ0v) is 12.1. The molecule has 0 heterocycles. The van der Waals surface area contributed by atoms with Crippen molar-refractivity contribution in [2.24, 2.45) is 5.73 Å². The number of ether oxygens (including phenoxy) is 1. The number of hydrogen-bond acceptors (Lipinski definition) is 2. The van der Waals surface area contributed by atoms with Crippen LogP contribution in [0.2, 0.25) is 0 Å². The van der Waals surface area contributed by atoms with Gasteiger partial charge in [0.2, 0.25) is 0 Å². The zero-order valence-electron chi connectivity index (χ0n) is 12.1. The Morgan fingerprint density at radius 1 is 1.05 bits per heavy atom. The molecule has 0 radical (unpaired) electrons. The lowest BCUT2D eigenvalue weighted by molar-refractivity contribution is 0.309. The van der Waals surface area contributed by atoms with Gasteiger partial charge in [0.25, 0.3) is 0 Å². The molecule has 2 rings (SSSR count). The van der Waals surface area contributed by atoms with Gasteiger partial charge in [0.1, 0.15) is 5.75 Å². The van der Waals surface area contributed by atoms with Gasteiger partial charge in [-0.15, -0.1) is 0 Å². The molecule has 2 N–H and O–H groups in total. The van der Waals surface area contributed by atoms with Gasteiger partial charge in [0.05, 0.1) is 6.61 Å². The number of rotatable bonds is 7. The Hall–Kier alpha value is -1.80. The molecule has 0 aliphatic rings. The molecule has 0 saturated carbocycles. The Labute approximate surface area is 121 Å². The van der Waals surface area contributed by atoms with E-state index in [0.717, 1.165) is 31.6 Å². The van der Waals surface area contributed by atoms with Gasteiger partial charge in [-0.25, -0.2) is 0 Å². The van der Waals surface area contributed by atoms with Crippen molar-refractivity contribution in [1.29, 1.82) is 0 Å². The fourth-order valence-corrected chi connectivity index (χ4v) is 2.26. The lowest BCUT2D eigenvalue weighted by Gasteiger charge is -2.11. The molecule has 0 aliphatic heterocycles. The van der Waals surface area contributed by atoms with E-state index in [9.17, 15) is 0 Å². The molecule has 2 aromatic carbocycles. The fraction of sp³-hybridized carbons (Fsp3) is 0.333. The Morgan fingerprint density at radius 3 is 2.70 bits per heavy atom. The van der Waals surface area contributed by atoms with E-state index in [4.69, 9.17) is 10.5 Å². The van der Waals surface area contributed by atoms with Gasteiger partial charge in [-0.3, -0.25) is 0 Å². The summed E-state index contributed by atoms with van der Waals surface area (Å²) in [5.41, 5.74) is 9.43. The van der Waals surface area contributed by atoms with Crippen molar-refractivity contribution < 1.29 is 4.74 Å². The molecule has 0 atom stereocenters. The first-order valence-electron chi connectivity index (χ1n) is 7.36. The second-order valence-corrected chi connectivity index (χ2v) is 4.93. The van der Waals surface area contributed by atoms with Crippen LogP contribution in [0, 0.1) is 0 Å². The van der Waals surface area contributed by atoms with Crippen LogP contribution in [0.1, 0.15) is 25.3 Å². The largest absolute Gasteiger partial charge is 0.494 e. The van der Waals surface area contributed by atoms with Crippen LogP contribution >= 0.6 is 0 Å². The van der Waals surface area contributed by atoms with E-state index in [-0.39, 0.29) is 0 Å². The quantitative estimate of drug-likeness (QED) is 0.770. The number of benzene rings is 2. The molecule has 0 aliphatic carbocycles. The first-order valence-corrected chi connectivity index (χ1v) is 7.36. The topological polar surface area (TPSA) is 35.2 Å².